The highest BCUT2D eigenvalue weighted by atomic mass is 28.3. The number of hydrogen-bond donors (Lipinski definition) is 0. The van der Waals surface area contributed by atoms with Gasteiger partial charge in [0.15, 0.2) is 8.07 Å². The molecule has 0 atom stereocenters. The smallest absolute Gasteiger partial charge is 0.260 e. The first kappa shape index (κ1) is 32.4. The zero-order chi connectivity index (χ0) is 39.1. The zero-order valence-corrected chi connectivity index (χ0v) is 33.3. The number of aromatic nitrogens is 2. The third-order valence-corrected chi connectivity index (χ3v) is 18.3. The molecule has 0 spiro atoms. The molecule has 15 rings (SSSR count). The summed E-state index contributed by atoms with van der Waals surface area (Å²) in [6.45, 7) is -0.0838. The number of fused-ring (bicyclic) bond motifs is 7. The van der Waals surface area contributed by atoms with E-state index in [9.17, 15) is 0 Å². The quantitative estimate of drug-likeness (QED) is 0.165. The minimum atomic E-state index is -3.14. The number of ether oxygens (including phenoxy) is 2. The summed E-state index contributed by atoms with van der Waals surface area (Å²) in [5.41, 5.74) is 10.1. The Morgan fingerprint density at radius 1 is 0.400 bits per heavy atom. The molecule has 11 aromatic rings. The maximum absolute atomic E-state index is 7.60. The number of para-hydroxylation sites is 5. The molecule has 0 N–H and O–H groups in total. The fourth-order valence-electron chi connectivity index (χ4n) is 11.1. The number of benzene rings is 9. The van der Waals surface area contributed by atoms with Crippen LogP contribution in [-0.4, -0.2) is 23.9 Å². The molecule has 7 bridgehead atoms. The Kier molecular flexibility index (Phi) is 6.37. The van der Waals surface area contributed by atoms with E-state index in [0.717, 1.165) is 61.8 Å². The van der Waals surface area contributed by atoms with Crippen molar-refractivity contribution in [3.63, 3.8) is 0 Å². The fourth-order valence-corrected chi connectivity index (χ4v) is 16.0. The van der Waals surface area contributed by atoms with Gasteiger partial charge in [0, 0.05) is 39.1 Å². The summed E-state index contributed by atoms with van der Waals surface area (Å²) in [7, 11) is -3.14. The topological polar surface area (TPSA) is 28.3 Å². The van der Waals surface area contributed by atoms with E-state index in [2.05, 4.69) is 209 Å². The summed E-state index contributed by atoms with van der Waals surface area (Å²) in [6, 6.07) is 74.2. The molecule has 0 radical (unpaired) electrons. The molecular weight excluding hydrogens is 748 g/mol. The molecule has 0 saturated carbocycles. The standard InChI is InChI=1S/C54H33BN2O2Si/c1-3-15-35(16-4-1)60(36-17-5-2-6-18-36)37-29-30-46-41(33-37)39-20-8-11-25-45(39)57(46)47-26-13-21-40-38-19-7-10-24-44(38)56(53(40)47)34-31-49-52-50(32-34)59-54-43(23-14-28-51(54)60)55(52)42-22-9-12-27-48(42)58-49/h1-33H. The van der Waals surface area contributed by atoms with Crippen molar-refractivity contribution in [2.75, 3.05) is 0 Å². The molecule has 0 fully saturated rings. The predicted octanol–water partition coefficient (Wildman–Crippen LogP) is 8.30. The lowest BCUT2D eigenvalue weighted by atomic mass is 9.35. The summed E-state index contributed by atoms with van der Waals surface area (Å²) in [4.78, 5) is 0. The van der Waals surface area contributed by atoms with Crippen molar-refractivity contribution in [3.05, 3.63) is 200 Å². The van der Waals surface area contributed by atoms with Crippen LogP contribution in [0.15, 0.2) is 200 Å². The van der Waals surface area contributed by atoms with Gasteiger partial charge in [0.25, 0.3) is 6.71 Å². The van der Waals surface area contributed by atoms with Crippen LogP contribution in [0.5, 0.6) is 23.0 Å². The van der Waals surface area contributed by atoms with Gasteiger partial charge in [-0.1, -0.05) is 158 Å². The van der Waals surface area contributed by atoms with E-state index < -0.39 is 8.07 Å². The molecule has 9 aromatic carbocycles. The Balaban J connectivity index is 1.24. The molecule has 0 aliphatic carbocycles. The second-order valence-electron chi connectivity index (χ2n) is 16.3. The molecule has 0 saturated heterocycles. The van der Waals surface area contributed by atoms with Gasteiger partial charge in [-0.2, -0.15) is 0 Å². The number of nitrogens with zero attached hydrogens (tertiary/aromatic N) is 2. The van der Waals surface area contributed by atoms with E-state index in [4.69, 9.17) is 9.47 Å². The van der Waals surface area contributed by atoms with Crippen LogP contribution in [0.25, 0.3) is 55.0 Å². The minimum Gasteiger partial charge on any atom is -0.458 e. The first-order valence-electron chi connectivity index (χ1n) is 20.7. The van der Waals surface area contributed by atoms with Gasteiger partial charge in [0.05, 0.1) is 33.4 Å². The molecule has 6 heterocycles. The van der Waals surface area contributed by atoms with E-state index in [1.807, 2.05) is 0 Å². The van der Waals surface area contributed by atoms with Gasteiger partial charge >= 0.3 is 0 Å². The van der Waals surface area contributed by atoms with Crippen LogP contribution in [0.3, 0.4) is 0 Å². The Morgan fingerprint density at radius 2 is 1.00 bits per heavy atom. The van der Waals surface area contributed by atoms with E-state index in [1.54, 1.807) is 0 Å². The van der Waals surface area contributed by atoms with Crippen molar-refractivity contribution in [1.29, 1.82) is 0 Å². The van der Waals surface area contributed by atoms with Crippen molar-refractivity contribution < 1.29 is 9.47 Å². The van der Waals surface area contributed by atoms with Crippen LogP contribution < -0.4 is 46.6 Å². The number of rotatable bonds is 2. The fraction of sp³-hybridized carbons (Fsp3) is 0. The van der Waals surface area contributed by atoms with Crippen molar-refractivity contribution in [2.24, 2.45) is 0 Å². The van der Waals surface area contributed by atoms with Crippen LogP contribution in [0.1, 0.15) is 0 Å². The molecule has 4 nitrogen and oxygen atoms in total. The van der Waals surface area contributed by atoms with Crippen molar-refractivity contribution in [2.45, 2.75) is 0 Å². The highest BCUT2D eigenvalue weighted by Gasteiger charge is 2.48. The van der Waals surface area contributed by atoms with Crippen molar-refractivity contribution in [1.82, 2.24) is 9.13 Å². The molecule has 278 valence electrons. The van der Waals surface area contributed by atoms with Crippen LogP contribution in [0, 0.1) is 0 Å². The van der Waals surface area contributed by atoms with Crippen LogP contribution in [0.4, 0.5) is 0 Å². The summed E-state index contributed by atoms with van der Waals surface area (Å²) >= 11 is 0. The Bertz CT molecular complexity index is 3590. The van der Waals surface area contributed by atoms with Crippen molar-refractivity contribution in [3.8, 4) is 34.4 Å². The average molecular weight is 781 g/mol. The second kappa shape index (κ2) is 11.8. The predicted molar refractivity (Wildman–Crippen MR) is 250 cm³/mol. The largest absolute Gasteiger partial charge is 0.458 e. The second-order valence-corrected chi connectivity index (χ2v) is 20.1. The first-order valence-corrected chi connectivity index (χ1v) is 22.7. The zero-order valence-electron chi connectivity index (χ0n) is 32.3. The highest BCUT2D eigenvalue weighted by Crippen LogP contribution is 2.43. The van der Waals surface area contributed by atoms with E-state index in [0.29, 0.717) is 0 Å². The minimum absolute atomic E-state index is 0.0838. The molecule has 4 aliphatic rings. The average Bonchev–Trinajstić information content (AvgIpc) is 3.82. The molecule has 4 aliphatic heterocycles. The van der Waals surface area contributed by atoms with Gasteiger partial charge in [-0.05, 0) is 62.0 Å². The van der Waals surface area contributed by atoms with E-state index in [1.165, 1.54) is 53.3 Å². The Hall–Kier alpha value is -7.54. The normalized spacial score (nSPS) is 14.0. The van der Waals surface area contributed by atoms with Gasteiger partial charge in [-0.25, -0.2) is 0 Å². The summed E-state index contributed by atoms with van der Waals surface area (Å²) < 4.78 is 19.5. The third-order valence-electron chi connectivity index (χ3n) is 13.5. The Labute approximate surface area is 347 Å². The lowest BCUT2D eigenvalue weighted by Crippen LogP contribution is -2.75. The number of hydrogen-bond acceptors (Lipinski definition) is 2. The van der Waals surface area contributed by atoms with Crippen molar-refractivity contribution >= 4 is 95.5 Å². The van der Waals surface area contributed by atoms with Crippen LogP contribution >= 0.6 is 0 Å². The molecule has 0 amide bonds. The summed E-state index contributed by atoms with van der Waals surface area (Å²) in [5, 5.41) is 10.00. The summed E-state index contributed by atoms with van der Waals surface area (Å²) in [5.74, 6) is 3.47. The Morgan fingerprint density at radius 3 is 1.78 bits per heavy atom. The lowest BCUT2D eigenvalue weighted by molar-refractivity contribution is 0.466. The van der Waals surface area contributed by atoms with Crippen LogP contribution in [-0.2, 0) is 0 Å². The van der Waals surface area contributed by atoms with E-state index >= 15 is 0 Å². The third kappa shape index (κ3) is 4.06. The maximum atomic E-state index is 7.60. The van der Waals surface area contributed by atoms with Gasteiger partial charge in [0.2, 0.25) is 0 Å². The van der Waals surface area contributed by atoms with Gasteiger partial charge in [0.1, 0.15) is 23.0 Å². The monoisotopic (exact) mass is 780 g/mol. The highest BCUT2D eigenvalue weighted by molar-refractivity contribution is 7.20. The van der Waals surface area contributed by atoms with E-state index in [-0.39, 0.29) is 6.71 Å². The molecule has 0 unspecified atom stereocenters. The maximum Gasteiger partial charge on any atom is 0.260 e. The van der Waals surface area contributed by atoms with Gasteiger partial charge < -0.3 is 18.6 Å². The molecule has 6 heteroatoms. The molecular formula is C54H33BN2O2Si. The SMILES string of the molecule is c1ccc([Si]2(c3ccccc3)c3ccc4c(c3)c3ccccc3n4-c3cccc4c5ccccc5n(c34)-c3cc4c5c(c3)Oc3c(cccc32)B5c2ccccc2O4)cc1. The molecule has 2 aromatic heterocycles. The summed E-state index contributed by atoms with van der Waals surface area (Å²) in [6.07, 6.45) is 0. The van der Waals surface area contributed by atoms with Gasteiger partial charge in [-0.15, -0.1) is 0 Å². The molecule has 60 heavy (non-hydrogen) atoms. The first-order chi connectivity index (χ1) is 29.8. The lowest BCUT2D eigenvalue weighted by Gasteiger charge is -2.39. The van der Waals surface area contributed by atoms with Gasteiger partial charge in [-0.3, -0.25) is 0 Å². The van der Waals surface area contributed by atoms with Crippen LogP contribution in [0.2, 0.25) is 0 Å².